The van der Waals surface area contributed by atoms with Crippen LogP contribution in [-0.4, -0.2) is 4.98 Å². The molecule has 2 heteroatoms. The minimum atomic E-state index is 0.779. The zero-order chi connectivity index (χ0) is 12.8. The van der Waals surface area contributed by atoms with Gasteiger partial charge in [-0.2, -0.15) is 0 Å². The molecule has 0 amide bonds. The molecule has 1 aliphatic carbocycles. The number of rotatable bonds is 1. The molecular formula is C17H12ClN. The van der Waals surface area contributed by atoms with Gasteiger partial charge in [0.1, 0.15) is 0 Å². The molecule has 1 aliphatic rings. The molecule has 0 unspecified atom stereocenters. The fourth-order valence-corrected chi connectivity index (χ4v) is 2.91. The Bertz CT molecular complexity index is 811. The highest BCUT2D eigenvalue weighted by Crippen LogP contribution is 2.32. The Morgan fingerprint density at radius 3 is 2.79 bits per heavy atom. The fraction of sp³-hybridized carbons (Fsp3) is 0.0588. The lowest BCUT2D eigenvalue weighted by Crippen LogP contribution is -1.84. The second-order valence-electron chi connectivity index (χ2n) is 4.96. The minimum absolute atomic E-state index is 0.779. The van der Waals surface area contributed by atoms with E-state index in [0.29, 0.717) is 0 Å². The van der Waals surface area contributed by atoms with Crippen LogP contribution in [0, 0.1) is 0 Å². The predicted molar refractivity (Wildman–Crippen MR) is 81.3 cm³/mol. The van der Waals surface area contributed by atoms with E-state index in [1.807, 2.05) is 18.2 Å². The topological polar surface area (TPSA) is 15.8 Å². The molecule has 0 atom stereocenters. The maximum absolute atomic E-state index is 6.03. The van der Waals surface area contributed by atoms with Crippen molar-refractivity contribution >= 4 is 34.2 Å². The summed E-state index contributed by atoms with van der Waals surface area (Å²) in [6.45, 7) is 0. The number of hydrogen-bond donors (Lipinski definition) is 1. The van der Waals surface area contributed by atoms with Crippen molar-refractivity contribution in [2.45, 2.75) is 6.42 Å². The van der Waals surface area contributed by atoms with Gasteiger partial charge in [0.15, 0.2) is 0 Å². The van der Waals surface area contributed by atoms with Crippen molar-refractivity contribution in [3.05, 3.63) is 70.4 Å². The molecule has 1 nitrogen and oxygen atoms in total. The van der Waals surface area contributed by atoms with Gasteiger partial charge in [-0.25, -0.2) is 0 Å². The quantitative estimate of drug-likeness (QED) is 0.643. The van der Waals surface area contributed by atoms with Crippen molar-refractivity contribution in [2.24, 2.45) is 0 Å². The summed E-state index contributed by atoms with van der Waals surface area (Å²) in [7, 11) is 0. The summed E-state index contributed by atoms with van der Waals surface area (Å²) in [6.07, 6.45) is 3.26. The number of hydrogen-bond acceptors (Lipinski definition) is 0. The second-order valence-corrected chi connectivity index (χ2v) is 5.40. The highest BCUT2D eigenvalue weighted by Gasteiger charge is 2.15. The van der Waals surface area contributed by atoms with Crippen molar-refractivity contribution in [1.29, 1.82) is 0 Å². The van der Waals surface area contributed by atoms with Gasteiger partial charge in [-0.15, -0.1) is 0 Å². The van der Waals surface area contributed by atoms with Crippen molar-refractivity contribution < 1.29 is 0 Å². The van der Waals surface area contributed by atoms with E-state index in [0.717, 1.165) is 17.0 Å². The van der Waals surface area contributed by atoms with Gasteiger partial charge in [0.2, 0.25) is 0 Å². The lowest BCUT2D eigenvalue weighted by atomic mass is 10.1. The van der Waals surface area contributed by atoms with Crippen LogP contribution >= 0.6 is 11.6 Å². The van der Waals surface area contributed by atoms with Gasteiger partial charge in [0, 0.05) is 28.0 Å². The van der Waals surface area contributed by atoms with Crippen LogP contribution in [0.3, 0.4) is 0 Å². The molecule has 4 rings (SSSR count). The Hall–Kier alpha value is -1.99. The van der Waals surface area contributed by atoms with Gasteiger partial charge >= 0.3 is 0 Å². The zero-order valence-corrected chi connectivity index (χ0v) is 11.0. The summed E-state index contributed by atoms with van der Waals surface area (Å²) in [5.41, 5.74) is 6.39. The van der Waals surface area contributed by atoms with Crippen LogP contribution in [0.1, 0.15) is 16.8 Å². The maximum Gasteiger partial charge on any atom is 0.0459 e. The third kappa shape index (κ3) is 1.78. The molecule has 0 bridgehead atoms. The normalized spacial score (nSPS) is 13.6. The van der Waals surface area contributed by atoms with Crippen LogP contribution in [0.2, 0.25) is 5.02 Å². The van der Waals surface area contributed by atoms with Gasteiger partial charge in [-0.05, 0) is 47.0 Å². The van der Waals surface area contributed by atoms with Gasteiger partial charge in [0.25, 0.3) is 0 Å². The first kappa shape index (κ1) is 10.9. The van der Waals surface area contributed by atoms with Crippen LogP contribution < -0.4 is 0 Å². The van der Waals surface area contributed by atoms with Crippen LogP contribution in [0.25, 0.3) is 22.6 Å². The van der Waals surface area contributed by atoms with E-state index in [9.17, 15) is 0 Å². The number of benzene rings is 2. The average Bonchev–Trinajstić information content (AvgIpc) is 3.00. The molecule has 2 aromatic carbocycles. The minimum Gasteiger partial charge on any atom is -0.355 e. The van der Waals surface area contributed by atoms with Crippen LogP contribution in [0.4, 0.5) is 0 Å². The van der Waals surface area contributed by atoms with Gasteiger partial charge in [0.05, 0.1) is 0 Å². The summed E-state index contributed by atoms with van der Waals surface area (Å²) in [6, 6.07) is 16.7. The Balaban J connectivity index is 1.81. The highest BCUT2D eigenvalue weighted by molar-refractivity contribution is 6.31. The van der Waals surface area contributed by atoms with Crippen molar-refractivity contribution in [3.8, 4) is 0 Å². The summed E-state index contributed by atoms with van der Waals surface area (Å²) >= 11 is 6.03. The number of aromatic amines is 1. The second kappa shape index (κ2) is 4.01. The monoisotopic (exact) mass is 265 g/mol. The largest absolute Gasteiger partial charge is 0.355 e. The summed E-state index contributed by atoms with van der Waals surface area (Å²) < 4.78 is 0. The first-order chi connectivity index (χ1) is 9.29. The van der Waals surface area contributed by atoms with Crippen LogP contribution in [-0.2, 0) is 6.42 Å². The fourth-order valence-electron chi connectivity index (χ4n) is 2.73. The average molecular weight is 266 g/mol. The molecule has 0 radical (unpaired) electrons. The summed E-state index contributed by atoms with van der Waals surface area (Å²) in [5, 5.41) is 1.95. The number of H-pyrrole nitrogens is 1. The van der Waals surface area contributed by atoms with E-state index in [1.54, 1.807) is 0 Å². The number of halogens is 1. The molecule has 0 spiro atoms. The first-order valence-electron chi connectivity index (χ1n) is 6.37. The third-order valence-corrected chi connectivity index (χ3v) is 3.93. The predicted octanol–water partition coefficient (Wildman–Crippen LogP) is 4.92. The van der Waals surface area contributed by atoms with Crippen molar-refractivity contribution in [3.63, 3.8) is 0 Å². The molecule has 19 heavy (non-hydrogen) atoms. The molecule has 1 aromatic heterocycles. The Morgan fingerprint density at radius 2 is 1.89 bits per heavy atom. The molecule has 0 aliphatic heterocycles. The number of nitrogens with one attached hydrogen (secondary N) is 1. The van der Waals surface area contributed by atoms with Gasteiger partial charge in [-0.1, -0.05) is 35.9 Å². The Morgan fingerprint density at radius 1 is 1.00 bits per heavy atom. The molecule has 3 aromatic rings. The molecule has 92 valence electrons. The number of fused-ring (bicyclic) bond motifs is 2. The molecule has 0 saturated carbocycles. The molecule has 0 fully saturated rings. The lowest BCUT2D eigenvalue weighted by Gasteiger charge is -1.97. The van der Waals surface area contributed by atoms with E-state index in [2.05, 4.69) is 41.4 Å². The first-order valence-corrected chi connectivity index (χ1v) is 6.74. The Labute approximate surface area is 116 Å². The summed E-state index contributed by atoms with van der Waals surface area (Å²) in [5.74, 6) is 0. The standard InChI is InChI=1S/C17H12ClN/c18-15-5-6-16-14(9-15)10-17(19-16)13-7-11-3-1-2-4-12(11)8-13/h1-7,9-10,19H,8H2. The van der Waals surface area contributed by atoms with Gasteiger partial charge in [-0.3, -0.25) is 0 Å². The zero-order valence-electron chi connectivity index (χ0n) is 10.3. The van der Waals surface area contributed by atoms with E-state index in [1.165, 1.54) is 27.8 Å². The SMILES string of the molecule is Clc1ccc2[nH]c(C3=Cc4ccccc4C3)cc2c1. The van der Waals surface area contributed by atoms with E-state index in [-0.39, 0.29) is 0 Å². The summed E-state index contributed by atoms with van der Waals surface area (Å²) in [4.78, 5) is 3.47. The van der Waals surface area contributed by atoms with Gasteiger partial charge < -0.3 is 4.98 Å². The van der Waals surface area contributed by atoms with Crippen molar-refractivity contribution in [1.82, 2.24) is 4.98 Å². The molecule has 1 heterocycles. The van der Waals surface area contributed by atoms with Crippen LogP contribution in [0.5, 0.6) is 0 Å². The number of allylic oxidation sites excluding steroid dienone is 1. The van der Waals surface area contributed by atoms with E-state index >= 15 is 0 Å². The lowest BCUT2D eigenvalue weighted by molar-refractivity contribution is 1.28. The van der Waals surface area contributed by atoms with Crippen molar-refractivity contribution in [2.75, 3.05) is 0 Å². The van der Waals surface area contributed by atoms with E-state index < -0.39 is 0 Å². The molecule has 0 saturated heterocycles. The Kier molecular flexibility index (Phi) is 2.30. The smallest absolute Gasteiger partial charge is 0.0459 e. The van der Waals surface area contributed by atoms with E-state index in [4.69, 9.17) is 11.6 Å². The maximum atomic E-state index is 6.03. The third-order valence-electron chi connectivity index (χ3n) is 3.69. The number of aromatic nitrogens is 1. The highest BCUT2D eigenvalue weighted by atomic mass is 35.5. The molecular weight excluding hydrogens is 254 g/mol. The van der Waals surface area contributed by atoms with Crippen LogP contribution in [0.15, 0.2) is 48.5 Å². The molecule has 1 N–H and O–H groups in total.